The third-order valence-corrected chi connectivity index (χ3v) is 2.06. The van der Waals surface area contributed by atoms with Crippen molar-refractivity contribution in [2.75, 3.05) is 26.9 Å². The van der Waals surface area contributed by atoms with Crippen molar-refractivity contribution in [1.29, 1.82) is 0 Å². The molecule has 0 saturated carbocycles. The van der Waals surface area contributed by atoms with Gasteiger partial charge in [-0.15, -0.1) is 0 Å². The zero-order valence-corrected chi connectivity index (χ0v) is 8.12. The van der Waals surface area contributed by atoms with E-state index in [4.69, 9.17) is 9.47 Å². The number of morpholine rings is 1. The topological polar surface area (TPSA) is 72.1 Å². The number of hydrogen-bond donors (Lipinski definition) is 2. The fraction of sp³-hybridized carbons (Fsp3) is 0.750. The summed E-state index contributed by atoms with van der Waals surface area (Å²) in [6, 6.07) is 0.102. The van der Waals surface area contributed by atoms with Crippen molar-refractivity contribution in [3.05, 3.63) is 11.6 Å². The van der Waals surface area contributed by atoms with Crippen molar-refractivity contribution < 1.29 is 9.47 Å². The number of H-pyrrole nitrogens is 1. The second-order valence-corrected chi connectivity index (χ2v) is 3.15. The van der Waals surface area contributed by atoms with Gasteiger partial charge in [-0.1, -0.05) is 0 Å². The van der Waals surface area contributed by atoms with Gasteiger partial charge in [0.25, 0.3) is 0 Å². The van der Waals surface area contributed by atoms with Gasteiger partial charge in [-0.05, 0) is 0 Å². The minimum absolute atomic E-state index is 0.102. The molecule has 1 atom stereocenters. The van der Waals surface area contributed by atoms with Crippen LogP contribution in [-0.2, 0) is 16.1 Å². The molecule has 0 aliphatic carbocycles. The SMILES string of the molecule is COCc1nc(C2COCCN2)n[nH]1. The average molecular weight is 198 g/mol. The zero-order valence-electron chi connectivity index (χ0n) is 8.12. The van der Waals surface area contributed by atoms with Gasteiger partial charge in [-0.25, -0.2) is 4.98 Å². The van der Waals surface area contributed by atoms with E-state index in [0.29, 0.717) is 13.2 Å². The van der Waals surface area contributed by atoms with Crippen LogP contribution in [0.1, 0.15) is 17.7 Å². The van der Waals surface area contributed by atoms with Crippen molar-refractivity contribution in [3.8, 4) is 0 Å². The minimum Gasteiger partial charge on any atom is -0.378 e. The minimum atomic E-state index is 0.102. The highest BCUT2D eigenvalue weighted by atomic mass is 16.5. The van der Waals surface area contributed by atoms with Gasteiger partial charge in [0.15, 0.2) is 11.6 Å². The largest absolute Gasteiger partial charge is 0.378 e. The molecule has 1 aromatic heterocycles. The van der Waals surface area contributed by atoms with Gasteiger partial charge in [-0.2, -0.15) is 5.10 Å². The lowest BCUT2D eigenvalue weighted by molar-refractivity contribution is 0.0742. The van der Waals surface area contributed by atoms with Gasteiger partial charge >= 0.3 is 0 Å². The predicted molar refractivity (Wildman–Crippen MR) is 48.7 cm³/mol. The fourth-order valence-electron chi connectivity index (χ4n) is 1.40. The van der Waals surface area contributed by atoms with E-state index >= 15 is 0 Å². The Morgan fingerprint density at radius 2 is 2.57 bits per heavy atom. The third kappa shape index (κ3) is 2.09. The average Bonchev–Trinajstić information content (AvgIpc) is 2.68. The van der Waals surface area contributed by atoms with Crippen molar-refractivity contribution in [3.63, 3.8) is 0 Å². The molecule has 1 unspecified atom stereocenters. The summed E-state index contributed by atoms with van der Waals surface area (Å²) < 4.78 is 10.3. The highest BCUT2D eigenvalue weighted by molar-refractivity contribution is 4.97. The van der Waals surface area contributed by atoms with E-state index in [1.54, 1.807) is 7.11 Å². The lowest BCUT2D eigenvalue weighted by Crippen LogP contribution is -2.35. The Hall–Kier alpha value is -0.980. The van der Waals surface area contributed by atoms with Crippen LogP contribution in [0, 0.1) is 0 Å². The van der Waals surface area contributed by atoms with Crippen molar-refractivity contribution >= 4 is 0 Å². The van der Waals surface area contributed by atoms with Crippen LogP contribution in [0.25, 0.3) is 0 Å². The predicted octanol–water partition coefficient (Wildman–Crippen LogP) is -0.388. The first kappa shape index (κ1) is 9.57. The molecule has 2 rings (SSSR count). The maximum Gasteiger partial charge on any atom is 0.170 e. The second-order valence-electron chi connectivity index (χ2n) is 3.15. The van der Waals surface area contributed by atoms with Crippen LogP contribution in [0.15, 0.2) is 0 Å². The number of rotatable bonds is 3. The highest BCUT2D eigenvalue weighted by Gasteiger charge is 2.19. The lowest BCUT2D eigenvalue weighted by Gasteiger charge is -2.20. The Balaban J connectivity index is 2.00. The Morgan fingerprint density at radius 3 is 3.29 bits per heavy atom. The molecular weight excluding hydrogens is 184 g/mol. The number of ether oxygens (including phenoxy) is 2. The molecule has 0 amide bonds. The van der Waals surface area contributed by atoms with Crippen LogP contribution < -0.4 is 5.32 Å². The van der Waals surface area contributed by atoms with Gasteiger partial charge < -0.3 is 14.8 Å². The van der Waals surface area contributed by atoms with Crippen molar-refractivity contribution in [1.82, 2.24) is 20.5 Å². The molecule has 6 nitrogen and oxygen atoms in total. The van der Waals surface area contributed by atoms with Crippen LogP contribution in [0.5, 0.6) is 0 Å². The molecule has 14 heavy (non-hydrogen) atoms. The van der Waals surface area contributed by atoms with E-state index < -0.39 is 0 Å². The molecule has 1 aliphatic heterocycles. The summed E-state index contributed by atoms with van der Waals surface area (Å²) in [4.78, 5) is 4.29. The lowest BCUT2D eigenvalue weighted by atomic mass is 10.2. The standard InChI is InChI=1S/C8H14N4O2/c1-13-5-7-10-8(12-11-7)6-4-14-3-2-9-6/h6,9H,2-5H2,1H3,(H,10,11,12). The summed E-state index contributed by atoms with van der Waals surface area (Å²) in [7, 11) is 1.63. The molecular formula is C8H14N4O2. The van der Waals surface area contributed by atoms with E-state index in [9.17, 15) is 0 Å². The third-order valence-electron chi connectivity index (χ3n) is 2.06. The number of nitrogens with one attached hydrogen (secondary N) is 2. The molecule has 1 saturated heterocycles. The smallest absolute Gasteiger partial charge is 0.170 e. The first-order valence-electron chi connectivity index (χ1n) is 4.61. The van der Waals surface area contributed by atoms with E-state index in [1.807, 2.05) is 0 Å². The summed E-state index contributed by atoms with van der Waals surface area (Å²) in [5, 5.41) is 10.2. The quantitative estimate of drug-likeness (QED) is 0.692. The molecule has 1 fully saturated rings. The molecule has 2 N–H and O–H groups in total. The molecule has 6 heteroatoms. The van der Waals surface area contributed by atoms with Gasteiger partial charge in [0, 0.05) is 13.7 Å². The van der Waals surface area contributed by atoms with Crippen LogP contribution in [0.2, 0.25) is 0 Å². The highest BCUT2D eigenvalue weighted by Crippen LogP contribution is 2.10. The molecule has 0 aromatic carbocycles. The van der Waals surface area contributed by atoms with E-state index in [0.717, 1.165) is 24.8 Å². The number of nitrogens with zero attached hydrogens (tertiary/aromatic N) is 2. The Kier molecular flexibility index (Phi) is 3.07. The number of aromatic nitrogens is 3. The number of methoxy groups -OCH3 is 1. The Morgan fingerprint density at radius 1 is 1.64 bits per heavy atom. The summed E-state index contributed by atoms with van der Waals surface area (Å²) in [6.07, 6.45) is 0. The normalized spacial score (nSPS) is 22.5. The maximum absolute atomic E-state index is 5.32. The molecule has 1 aromatic rings. The zero-order chi connectivity index (χ0) is 9.80. The molecule has 0 spiro atoms. The summed E-state index contributed by atoms with van der Waals surface area (Å²) >= 11 is 0. The molecule has 0 bridgehead atoms. The monoisotopic (exact) mass is 198 g/mol. The van der Waals surface area contributed by atoms with Crippen molar-refractivity contribution in [2.45, 2.75) is 12.6 Å². The second kappa shape index (κ2) is 4.50. The summed E-state index contributed by atoms with van der Waals surface area (Å²) in [5.41, 5.74) is 0. The first-order chi connectivity index (χ1) is 6.90. The van der Waals surface area contributed by atoms with Crippen LogP contribution in [-0.4, -0.2) is 42.0 Å². The van der Waals surface area contributed by atoms with E-state index in [1.165, 1.54) is 0 Å². The Labute approximate surface area is 82.0 Å². The van der Waals surface area contributed by atoms with Crippen LogP contribution in [0.4, 0.5) is 0 Å². The van der Waals surface area contributed by atoms with E-state index in [2.05, 4.69) is 20.5 Å². The van der Waals surface area contributed by atoms with Gasteiger partial charge in [0.1, 0.15) is 6.61 Å². The summed E-state index contributed by atoms with van der Waals surface area (Å²) in [6.45, 7) is 2.69. The van der Waals surface area contributed by atoms with Crippen LogP contribution in [0.3, 0.4) is 0 Å². The van der Waals surface area contributed by atoms with Gasteiger partial charge in [-0.3, -0.25) is 5.10 Å². The summed E-state index contributed by atoms with van der Waals surface area (Å²) in [5.74, 6) is 1.49. The Bertz CT molecular complexity index is 283. The first-order valence-corrected chi connectivity index (χ1v) is 4.61. The van der Waals surface area contributed by atoms with Gasteiger partial charge in [0.05, 0.1) is 19.3 Å². The number of hydrogen-bond acceptors (Lipinski definition) is 5. The number of aromatic amines is 1. The fourth-order valence-corrected chi connectivity index (χ4v) is 1.40. The molecule has 1 aliphatic rings. The molecule has 2 heterocycles. The molecule has 0 radical (unpaired) electrons. The van der Waals surface area contributed by atoms with Gasteiger partial charge in [0.2, 0.25) is 0 Å². The van der Waals surface area contributed by atoms with E-state index in [-0.39, 0.29) is 6.04 Å². The molecule has 78 valence electrons. The van der Waals surface area contributed by atoms with Crippen molar-refractivity contribution in [2.24, 2.45) is 0 Å². The maximum atomic E-state index is 5.32. The van der Waals surface area contributed by atoms with Crippen LogP contribution >= 0.6 is 0 Å².